The maximum absolute atomic E-state index is 5.43. The van der Waals surface area contributed by atoms with E-state index in [9.17, 15) is 0 Å². The Morgan fingerprint density at radius 1 is 0.846 bits per heavy atom. The van der Waals surface area contributed by atoms with Crippen molar-refractivity contribution in [2.75, 3.05) is 36.2 Å². The number of ether oxygens (including phenoxy) is 1. The van der Waals surface area contributed by atoms with Gasteiger partial charge in [0.25, 0.3) is 0 Å². The molecule has 5 heteroatoms. The molecule has 132 valence electrons. The molecule has 4 nitrogen and oxygen atoms in total. The molecular formula is C21H21N3OS. The lowest BCUT2D eigenvalue weighted by molar-refractivity contribution is 0.123. The van der Waals surface area contributed by atoms with E-state index in [0.717, 1.165) is 42.6 Å². The van der Waals surface area contributed by atoms with Crippen molar-refractivity contribution in [3.63, 3.8) is 0 Å². The fourth-order valence-electron chi connectivity index (χ4n) is 2.90. The molecule has 0 unspecified atom stereocenters. The number of thiophene rings is 1. The fourth-order valence-corrected chi connectivity index (χ4v) is 3.83. The second-order valence-electron chi connectivity index (χ2n) is 6.00. The predicted molar refractivity (Wildman–Crippen MR) is 110 cm³/mol. The highest BCUT2D eigenvalue weighted by Gasteiger charge is 2.13. The molecule has 3 aromatic rings. The van der Waals surface area contributed by atoms with Crippen LogP contribution in [0.1, 0.15) is 4.88 Å². The molecule has 1 aliphatic rings. The molecular weight excluding hydrogens is 342 g/mol. The minimum absolute atomic E-state index is 0.803. The third-order valence-corrected chi connectivity index (χ3v) is 5.32. The minimum atomic E-state index is 0.803. The van der Waals surface area contributed by atoms with Crippen molar-refractivity contribution in [3.05, 3.63) is 77.7 Å². The number of hydrogen-bond donors (Lipinski definition) is 0. The smallest absolute Gasteiger partial charge is 0.0916 e. The largest absolute Gasteiger partial charge is 0.378 e. The van der Waals surface area contributed by atoms with E-state index in [1.807, 2.05) is 47.6 Å². The lowest BCUT2D eigenvalue weighted by Gasteiger charge is -2.27. The summed E-state index contributed by atoms with van der Waals surface area (Å²) in [5.41, 5.74) is 2.08. The Morgan fingerprint density at radius 3 is 2.08 bits per heavy atom. The summed E-state index contributed by atoms with van der Waals surface area (Å²) in [5, 5.41) is 8.01. The van der Waals surface area contributed by atoms with E-state index < -0.39 is 0 Å². The number of hydrazone groups is 1. The van der Waals surface area contributed by atoms with Crippen molar-refractivity contribution in [1.29, 1.82) is 0 Å². The molecule has 0 spiro atoms. The van der Waals surface area contributed by atoms with Crippen LogP contribution in [0.5, 0.6) is 0 Å². The van der Waals surface area contributed by atoms with Gasteiger partial charge in [-0.2, -0.15) is 5.10 Å². The van der Waals surface area contributed by atoms with Crippen molar-refractivity contribution in [3.8, 4) is 0 Å². The van der Waals surface area contributed by atoms with Crippen LogP contribution < -0.4 is 9.91 Å². The van der Waals surface area contributed by atoms with Crippen molar-refractivity contribution in [2.45, 2.75) is 0 Å². The first-order chi connectivity index (χ1) is 12.9. The average molecular weight is 363 g/mol. The lowest BCUT2D eigenvalue weighted by Crippen LogP contribution is -2.35. The van der Waals surface area contributed by atoms with Crippen LogP contribution in [0, 0.1) is 0 Å². The average Bonchev–Trinajstić information content (AvgIpc) is 3.20. The van der Waals surface area contributed by atoms with Gasteiger partial charge in [0, 0.05) is 18.0 Å². The summed E-state index contributed by atoms with van der Waals surface area (Å²) in [6.45, 7) is 3.52. The van der Waals surface area contributed by atoms with E-state index in [1.165, 1.54) is 5.00 Å². The van der Waals surface area contributed by atoms with Crippen LogP contribution in [0.4, 0.5) is 16.4 Å². The Labute approximate surface area is 158 Å². The van der Waals surface area contributed by atoms with Gasteiger partial charge in [-0.3, -0.25) is 0 Å². The predicted octanol–water partition coefficient (Wildman–Crippen LogP) is 4.76. The first kappa shape index (κ1) is 16.8. The first-order valence-electron chi connectivity index (χ1n) is 8.77. The second-order valence-corrected chi connectivity index (χ2v) is 7.10. The molecule has 1 aromatic heterocycles. The van der Waals surface area contributed by atoms with Gasteiger partial charge >= 0.3 is 0 Å². The second kappa shape index (κ2) is 8.17. The molecule has 0 saturated carbocycles. The molecule has 0 amide bonds. The maximum atomic E-state index is 5.43. The zero-order chi connectivity index (χ0) is 17.6. The molecule has 0 N–H and O–H groups in total. The van der Waals surface area contributed by atoms with Gasteiger partial charge in [-0.05, 0) is 36.4 Å². The van der Waals surface area contributed by atoms with Crippen molar-refractivity contribution >= 4 is 33.9 Å². The van der Waals surface area contributed by atoms with Crippen LogP contribution >= 0.6 is 11.3 Å². The van der Waals surface area contributed by atoms with Crippen molar-refractivity contribution in [1.82, 2.24) is 0 Å². The van der Waals surface area contributed by atoms with Gasteiger partial charge in [0.05, 0.1) is 35.8 Å². The van der Waals surface area contributed by atoms with Gasteiger partial charge in [0.1, 0.15) is 0 Å². The number of rotatable bonds is 5. The van der Waals surface area contributed by atoms with Crippen LogP contribution in [0.2, 0.25) is 0 Å². The summed E-state index contributed by atoms with van der Waals surface area (Å²) in [7, 11) is 0. The number of nitrogens with zero attached hydrogens (tertiary/aromatic N) is 3. The summed E-state index contributed by atoms with van der Waals surface area (Å²) in [5.74, 6) is 0. The zero-order valence-corrected chi connectivity index (χ0v) is 15.3. The molecule has 0 atom stereocenters. The Morgan fingerprint density at radius 2 is 1.46 bits per heavy atom. The van der Waals surface area contributed by atoms with Crippen LogP contribution in [-0.2, 0) is 4.74 Å². The normalized spacial score (nSPS) is 14.7. The maximum Gasteiger partial charge on any atom is 0.0916 e. The van der Waals surface area contributed by atoms with Gasteiger partial charge in [-0.25, -0.2) is 5.01 Å². The Hall–Kier alpha value is -2.63. The highest BCUT2D eigenvalue weighted by molar-refractivity contribution is 7.17. The number of hydrogen-bond acceptors (Lipinski definition) is 5. The molecule has 2 heterocycles. The van der Waals surface area contributed by atoms with E-state index in [1.54, 1.807) is 11.3 Å². The molecule has 1 fully saturated rings. The van der Waals surface area contributed by atoms with E-state index >= 15 is 0 Å². The number of benzene rings is 2. The summed E-state index contributed by atoms with van der Waals surface area (Å²) in [6, 6.07) is 24.7. The quantitative estimate of drug-likeness (QED) is 0.483. The van der Waals surface area contributed by atoms with Crippen LogP contribution in [-0.4, -0.2) is 32.5 Å². The summed E-state index contributed by atoms with van der Waals surface area (Å²) in [6.07, 6.45) is 1.94. The number of anilines is 3. The molecule has 1 saturated heterocycles. The Bertz CT molecular complexity index is 802. The summed E-state index contributed by atoms with van der Waals surface area (Å²) < 4.78 is 5.43. The highest BCUT2D eigenvalue weighted by atomic mass is 32.1. The number of para-hydroxylation sites is 2. The Balaban J connectivity index is 1.57. The van der Waals surface area contributed by atoms with Gasteiger partial charge in [0.15, 0.2) is 0 Å². The van der Waals surface area contributed by atoms with Gasteiger partial charge < -0.3 is 9.64 Å². The molecule has 1 aliphatic heterocycles. The molecule has 4 rings (SSSR count). The highest BCUT2D eigenvalue weighted by Crippen LogP contribution is 2.28. The minimum Gasteiger partial charge on any atom is -0.378 e. The third kappa shape index (κ3) is 3.95. The zero-order valence-electron chi connectivity index (χ0n) is 14.5. The van der Waals surface area contributed by atoms with E-state index in [0.29, 0.717) is 0 Å². The molecule has 26 heavy (non-hydrogen) atoms. The molecule has 0 bridgehead atoms. The van der Waals surface area contributed by atoms with Crippen molar-refractivity contribution < 1.29 is 4.74 Å². The van der Waals surface area contributed by atoms with Crippen molar-refractivity contribution in [2.24, 2.45) is 5.10 Å². The number of morpholine rings is 1. The molecule has 0 radical (unpaired) electrons. The standard InChI is InChI=1S/C21H21N3OS/c1-3-7-18(8-4-1)24(19-9-5-2-6-10-19)22-17-20-11-12-21(26-20)23-13-15-25-16-14-23/h1-12,17H,13-16H2/b22-17+. The first-order valence-corrected chi connectivity index (χ1v) is 9.58. The van der Waals surface area contributed by atoms with E-state index in [4.69, 9.17) is 9.84 Å². The monoisotopic (exact) mass is 363 g/mol. The summed E-state index contributed by atoms with van der Waals surface area (Å²) >= 11 is 1.77. The molecule has 2 aromatic carbocycles. The Kier molecular flexibility index (Phi) is 5.28. The van der Waals surface area contributed by atoms with Crippen LogP contribution in [0.3, 0.4) is 0 Å². The summed E-state index contributed by atoms with van der Waals surface area (Å²) in [4.78, 5) is 3.51. The van der Waals surface area contributed by atoms with Gasteiger partial charge in [0.2, 0.25) is 0 Å². The fraction of sp³-hybridized carbons (Fsp3) is 0.190. The SMILES string of the molecule is C(=N\N(c1ccccc1)c1ccccc1)/c1ccc(N2CCOCC2)s1. The van der Waals surface area contributed by atoms with Crippen LogP contribution in [0.15, 0.2) is 77.9 Å². The van der Waals surface area contributed by atoms with Crippen LogP contribution in [0.25, 0.3) is 0 Å². The van der Waals surface area contributed by atoms with Gasteiger partial charge in [-0.1, -0.05) is 36.4 Å². The lowest BCUT2D eigenvalue weighted by atomic mass is 10.2. The topological polar surface area (TPSA) is 28.1 Å². The third-order valence-electron chi connectivity index (χ3n) is 4.24. The van der Waals surface area contributed by atoms with E-state index in [2.05, 4.69) is 41.3 Å². The van der Waals surface area contributed by atoms with E-state index in [-0.39, 0.29) is 0 Å². The van der Waals surface area contributed by atoms with Gasteiger partial charge in [-0.15, -0.1) is 11.3 Å². The molecule has 0 aliphatic carbocycles.